The number of H-pyrrole nitrogens is 1. The molecule has 1 aromatic carbocycles. The maximum atomic E-state index is 12.9. The zero-order valence-corrected chi connectivity index (χ0v) is 9.71. The van der Waals surface area contributed by atoms with E-state index < -0.39 is 24.5 Å². The molecule has 0 saturated carbocycles. The summed E-state index contributed by atoms with van der Waals surface area (Å²) in [6.45, 7) is -0.572. The standard InChI is InChI=1S/C12H11F4N3/c13-8-3-1-7(2-4-8)11-9(6-18-19-11)10(5-17)12(14,15)16/h1-4,6,10H,5,17H2,(H,18,19). The van der Waals surface area contributed by atoms with Crippen LogP contribution in [0.1, 0.15) is 11.5 Å². The summed E-state index contributed by atoms with van der Waals surface area (Å²) < 4.78 is 51.4. The van der Waals surface area contributed by atoms with Gasteiger partial charge in [-0.15, -0.1) is 0 Å². The number of rotatable bonds is 3. The van der Waals surface area contributed by atoms with Gasteiger partial charge in [0.15, 0.2) is 0 Å². The van der Waals surface area contributed by atoms with Crippen molar-refractivity contribution in [2.75, 3.05) is 6.54 Å². The number of hydrogen-bond acceptors (Lipinski definition) is 2. The first-order chi connectivity index (χ1) is 8.93. The van der Waals surface area contributed by atoms with Crippen molar-refractivity contribution in [3.8, 4) is 11.3 Å². The predicted octanol–water partition coefficient (Wildman–Crippen LogP) is 2.82. The van der Waals surface area contributed by atoms with Crippen molar-refractivity contribution in [2.45, 2.75) is 12.1 Å². The van der Waals surface area contributed by atoms with E-state index in [2.05, 4.69) is 10.2 Å². The average molecular weight is 273 g/mol. The van der Waals surface area contributed by atoms with Gasteiger partial charge in [-0.1, -0.05) is 0 Å². The van der Waals surface area contributed by atoms with Crippen LogP contribution in [0.15, 0.2) is 30.5 Å². The van der Waals surface area contributed by atoms with Crippen molar-refractivity contribution in [2.24, 2.45) is 5.73 Å². The van der Waals surface area contributed by atoms with E-state index in [1.165, 1.54) is 24.3 Å². The van der Waals surface area contributed by atoms with Crippen LogP contribution in [0.3, 0.4) is 0 Å². The van der Waals surface area contributed by atoms with Gasteiger partial charge >= 0.3 is 6.18 Å². The molecule has 3 N–H and O–H groups in total. The average Bonchev–Trinajstić information content (AvgIpc) is 2.78. The first-order valence-corrected chi connectivity index (χ1v) is 5.49. The van der Waals surface area contributed by atoms with Crippen LogP contribution in [0.4, 0.5) is 17.6 Å². The predicted molar refractivity (Wildman–Crippen MR) is 61.8 cm³/mol. The lowest BCUT2D eigenvalue weighted by Crippen LogP contribution is -2.28. The molecular weight excluding hydrogens is 262 g/mol. The van der Waals surface area contributed by atoms with E-state index in [9.17, 15) is 17.6 Å². The highest BCUT2D eigenvalue weighted by atomic mass is 19.4. The second-order valence-corrected chi connectivity index (χ2v) is 4.04. The summed E-state index contributed by atoms with van der Waals surface area (Å²) in [7, 11) is 0. The fraction of sp³-hybridized carbons (Fsp3) is 0.250. The summed E-state index contributed by atoms with van der Waals surface area (Å²) in [5.74, 6) is -2.26. The van der Waals surface area contributed by atoms with Gasteiger partial charge in [0.05, 0.1) is 17.8 Å². The highest BCUT2D eigenvalue weighted by Gasteiger charge is 2.41. The van der Waals surface area contributed by atoms with E-state index in [4.69, 9.17) is 5.73 Å². The molecule has 1 aromatic heterocycles. The Kier molecular flexibility index (Phi) is 3.57. The first kappa shape index (κ1) is 13.5. The number of nitrogens with zero attached hydrogens (tertiary/aromatic N) is 1. The molecule has 7 heteroatoms. The Balaban J connectivity index is 2.44. The van der Waals surface area contributed by atoms with Crippen molar-refractivity contribution in [3.63, 3.8) is 0 Å². The number of nitrogens with two attached hydrogens (primary N) is 1. The minimum atomic E-state index is -4.45. The molecular formula is C12H11F4N3. The molecule has 19 heavy (non-hydrogen) atoms. The third-order valence-electron chi connectivity index (χ3n) is 2.81. The zero-order chi connectivity index (χ0) is 14.0. The maximum absolute atomic E-state index is 12.9. The van der Waals surface area contributed by atoms with E-state index >= 15 is 0 Å². The van der Waals surface area contributed by atoms with Gasteiger partial charge in [-0.3, -0.25) is 5.10 Å². The molecule has 0 aliphatic carbocycles. The van der Waals surface area contributed by atoms with Crippen LogP contribution >= 0.6 is 0 Å². The molecule has 2 aromatic rings. The van der Waals surface area contributed by atoms with Crippen LogP contribution in [0, 0.1) is 5.82 Å². The van der Waals surface area contributed by atoms with Gasteiger partial charge in [0, 0.05) is 17.7 Å². The number of alkyl halides is 3. The topological polar surface area (TPSA) is 54.7 Å². The van der Waals surface area contributed by atoms with Crippen LogP contribution in [-0.4, -0.2) is 22.9 Å². The third-order valence-corrected chi connectivity index (χ3v) is 2.81. The van der Waals surface area contributed by atoms with Gasteiger partial charge in [-0.05, 0) is 24.3 Å². The summed E-state index contributed by atoms with van der Waals surface area (Å²) in [5.41, 5.74) is 5.79. The second-order valence-electron chi connectivity index (χ2n) is 4.04. The molecule has 102 valence electrons. The molecule has 0 saturated heterocycles. The molecule has 0 amide bonds. The van der Waals surface area contributed by atoms with E-state index in [0.29, 0.717) is 5.56 Å². The Labute approximate surface area is 106 Å². The molecule has 1 unspecified atom stereocenters. The smallest absolute Gasteiger partial charge is 0.330 e. The molecule has 1 heterocycles. The van der Waals surface area contributed by atoms with Gasteiger partial charge < -0.3 is 5.73 Å². The maximum Gasteiger partial charge on any atom is 0.397 e. The first-order valence-electron chi connectivity index (χ1n) is 5.49. The molecule has 3 nitrogen and oxygen atoms in total. The minimum absolute atomic E-state index is 0.0402. The Hall–Kier alpha value is -1.89. The van der Waals surface area contributed by atoms with Crippen LogP contribution < -0.4 is 5.73 Å². The third kappa shape index (κ3) is 2.76. The Morgan fingerprint density at radius 3 is 2.37 bits per heavy atom. The lowest BCUT2D eigenvalue weighted by Gasteiger charge is -2.18. The monoisotopic (exact) mass is 273 g/mol. The molecule has 0 radical (unpaired) electrons. The van der Waals surface area contributed by atoms with E-state index in [1.807, 2.05) is 0 Å². The van der Waals surface area contributed by atoms with Gasteiger partial charge in [0.1, 0.15) is 5.82 Å². The Morgan fingerprint density at radius 2 is 1.84 bits per heavy atom. The van der Waals surface area contributed by atoms with Crippen molar-refractivity contribution < 1.29 is 17.6 Å². The minimum Gasteiger partial charge on any atom is -0.330 e. The van der Waals surface area contributed by atoms with Crippen LogP contribution in [0.25, 0.3) is 11.3 Å². The number of halogens is 4. The number of aromatic amines is 1. The van der Waals surface area contributed by atoms with Crippen molar-refractivity contribution >= 4 is 0 Å². The van der Waals surface area contributed by atoms with Crippen molar-refractivity contribution in [1.29, 1.82) is 0 Å². The Bertz CT molecular complexity index is 545. The SMILES string of the molecule is NCC(c1cn[nH]c1-c1ccc(F)cc1)C(F)(F)F. The number of benzene rings is 1. The number of aromatic nitrogens is 2. The fourth-order valence-electron chi connectivity index (χ4n) is 1.84. The summed E-state index contributed by atoms with van der Waals surface area (Å²) in [6, 6.07) is 5.11. The Morgan fingerprint density at radius 1 is 1.21 bits per heavy atom. The second kappa shape index (κ2) is 5.00. The number of nitrogens with one attached hydrogen (secondary N) is 1. The normalized spacial score (nSPS) is 13.5. The van der Waals surface area contributed by atoms with Gasteiger partial charge in [0.25, 0.3) is 0 Å². The quantitative estimate of drug-likeness (QED) is 0.845. The number of hydrogen-bond donors (Lipinski definition) is 2. The lowest BCUT2D eigenvalue weighted by molar-refractivity contribution is -0.148. The molecule has 0 fully saturated rings. The van der Waals surface area contributed by atoms with Crippen LogP contribution in [0.2, 0.25) is 0 Å². The van der Waals surface area contributed by atoms with Crippen LogP contribution in [0.5, 0.6) is 0 Å². The van der Waals surface area contributed by atoms with Crippen molar-refractivity contribution in [1.82, 2.24) is 10.2 Å². The van der Waals surface area contributed by atoms with Gasteiger partial charge in [-0.25, -0.2) is 4.39 Å². The molecule has 0 aliphatic heterocycles. The fourth-order valence-corrected chi connectivity index (χ4v) is 1.84. The molecule has 1 atom stereocenters. The van der Waals surface area contributed by atoms with Gasteiger partial charge in [0.2, 0.25) is 0 Å². The highest BCUT2D eigenvalue weighted by molar-refractivity contribution is 5.63. The highest BCUT2D eigenvalue weighted by Crippen LogP contribution is 2.37. The van der Waals surface area contributed by atoms with E-state index in [0.717, 1.165) is 6.20 Å². The van der Waals surface area contributed by atoms with Crippen molar-refractivity contribution in [3.05, 3.63) is 41.8 Å². The summed E-state index contributed by atoms with van der Waals surface area (Å²) in [5, 5.41) is 6.13. The largest absolute Gasteiger partial charge is 0.397 e. The lowest BCUT2D eigenvalue weighted by atomic mass is 9.96. The molecule has 0 aliphatic rings. The summed E-state index contributed by atoms with van der Waals surface area (Å²) in [4.78, 5) is 0. The summed E-state index contributed by atoms with van der Waals surface area (Å²) >= 11 is 0. The molecule has 0 bridgehead atoms. The van der Waals surface area contributed by atoms with E-state index in [1.54, 1.807) is 0 Å². The van der Waals surface area contributed by atoms with E-state index in [-0.39, 0.29) is 11.3 Å². The zero-order valence-electron chi connectivity index (χ0n) is 9.71. The summed E-state index contributed by atoms with van der Waals surface area (Å²) in [6.07, 6.45) is -3.35. The van der Waals surface area contributed by atoms with Crippen LogP contribution in [-0.2, 0) is 0 Å². The molecule has 0 spiro atoms. The van der Waals surface area contributed by atoms with Gasteiger partial charge in [-0.2, -0.15) is 18.3 Å². The molecule has 2 rings (SSSR count).